The van der Waals surface area contributed by atoms with Crippen molar-refractivity contribution in [3.8, 4) is 0 Å². The molecule has 0 aliphatic heterocycles. The van der Waals surface area contributed by atoms with Gasteiger partial charge < -0.3 is 10.4 Å². The predicted octanol–water partition coefficient (Wildman–Crippen LogP) is 2.09. The second kappa shape index (κ2) is 6.20. The van der Waals surface area contributed by atoms with Crippen molar-refractivity contribution in [3.63, 3.8) is 0 Å². The summed E-state index contributed by atoms with van der Waals surface area (Å²) >= 11 is 0. The first kappa shape index (κ1) is 11.7. The van der Waals surface area contributed by atoms with Crippen LogP contribution in [0.2, 0.25) is 0 Å². The highest BCUT2D eigenvalue weighted by Gasteiger charge is 2.21. The summed E-state index contributed by atoms with van der Waals surface area (Å²) in [6.07, 6.45) is 9.12. The molecule has 0 fully saturated rings. The predicted molar refractivity (Wildman–Crippen MR) is 60.2 cm³/mol. The number of hydrogen-bond donors (Lipinski definition) is 2. The van der Waals surface area contributed by atoms with E-state index in [9.17, 15) is 5.11 Å². The lowest BCUT2D eigenvalue weighted by molar-refractivity contribution is 0.180. The van der Waals surface area contributed by atoms with Gasteiger partial charge in [-0.15, -0.1) is 0 Å². The van der Waals surface area contributed by atoms with Gasteiger partial charge in [0, 0.05) is 12.1 Å². The molecule has 82 valence electrons. The van der Waals surface area contributed by atoms with E-state index in [0.29, 0.717) is 12.0 Å². The van der Waals surface area contributed by atoms with Crippen molar-refractivity contribution in [1.29, 1.82) is 0 Å². The largest absolute Gasteiger partial charge is 0.395 e. The van der Waals surface area contributed by atoms with Crippen LogP contribution in [0.4, 0.5) is 0 Å². The van der Waals surface area contributed by atoms with E-state index in [-0.39, 0.29) is 12.6 Å². The Morgan fingerprint density at radius 3 is 2.79 bits per heavy atom. The molecule has 2 nitrogen and oxygen atoms in total. The Labute approximate surface area is 87.4 Å². The lowest BCUT2D eigenvalue weighted by atomic mass is 9.87. The fourth-order valence-corrected chi connectivity index (χ4v) is 2.00. The molecule has 0 saturated heterocycles. The van der Waals surface area contributed by atoms with Gasteiger partial charge in [0.25, 0.3) is 0 Å². The molecule has 0 bridgehead atoms. The summed E-state index contributed by atoms with van der Waals surface area (Å²) in [5.74, 6) is 0.624. The molecule has 1 rings (SSSR count). The van der Waals surface area contributed by atoms with E-state index in [1.165, 1.54) is 12.8 Å². The zero-order chi connectivity index (χ0) is 10.4. The lowest BCUT2D eigenvalue weighted by Crippen LogP contribution is -2.44. The van der Waals surface area contributed by atoms with Crippen molar-refractivity contribution in [2.24, 2.45) is 5.92 Å². The molecule has 1 aliphatic rings. The molecule has 0 spiro atoms. The van der Waals surface area contributed by atoms with Gasteiger partial charge in [0.1, 0.15) is 0 Å². The van der Waals surface area contributed by atoms with Gasteiger partial charge in [0.15, 0.2) is 0 Å². The highest BCUT2D eigenvalue weighted by Crippen LogP contribution is 2.21. The summed E-state index contributed by atoms with van der Waals surface area (Å²) in [5, 5.41) is 12.8. The molecule has 0 radical (unpaired) electrons. The Morgan fingerprint density at radius 2 is 2.29 bits per heavy atom. The van der Waals surface area contributed by atoms with Crippen LogP contribution < -0.4 is 5.32 Å². The Morgan fingerprint density at radius 1 is 1.50 bits per heavy atom. The molecular formula is C12H23NO. The maximum atomic E-state index is 9.34. The molecular weight excluding hydrogens is 174 g/mol. The van der Waals surface area contributed by atoms with Crippen molar-refractivity contribution in [2.75, 3.05) is 6.61 Å². The van der Waals surface area contributed by atoms with Crippen molar-refractivity contribution in [1.82, 2.24) is 5.32 Å². The van der Waals surface area contributed by atoms with Gasteiger partial charge in [0.2, 0.25) is 0 Å². The molecule has 3 atom stereocenters. The quantitative estimate of drug-likeness (QED) is 0.661. The van der Waals surface area contributed by atoms with Crippen LogP contribution in [-0.2, 0) is 0 Å². The molecule has 0 amide bonds. The average Bonchev–Trinajstić information content (AvgIpc) is 2.26. The van der Waals surface area contributed by atoms with Gasteiger partial charge >= 0.3 is 0 Å². The smallest absolute Gasteiger partial charge is 0.0587 e. The van der Waals surface area contributed by atoms with E-state index in [2.05, 4.69) is 31.3 Å². The number of hydrogen-bond acceptors (Lipinski definition) is 2. The summed E-state index contributed by atoms with van der Waals surface area (Å²) in [4.78, 5) is 0. The molecule has 14 heavy (non-hydrogen) atoms. The second-order valence-corrected chi connectivity index (χ2v) is 4.31. The molecule has 0 heterocycles. The van der Waals surface area contributed by atoms with Gasteiger partial charge in [0.05, 0.1) is 6.61 Å². The lowest BCUT2D eigenvalue weighted by Gasteiger charge is -2.29. The summed E-state index contributed by atoms with van der Waals surface area (Å²) in [6, 6.07) is 0.799. The van der Waals surface area contributed by atoms with E-state index in [1.807, 2.05) is 0 Å². The van der Waals surface area contributed by atoms with E-state index in [0.717, 1.165) is 12.8 Å². The molecule has 2 N–H and O–H groups in total. The molecule has 0 aromatic heterocycles. The third kappa shape index (κ3) is 3.43. The van der Waals surface area contributed by atoms with E-state index < -0.39 is 0 Å². The highest BCUT2D eigenvalue weighted by molar-refractivity contribution is 4.94. The molecule has 3 unspecified atom stereocenters. The number of rotatable bonds is 5. The summed E-state index contributed by atoms with van der Waals surface area (Å²) in [5.41, 5.74) is 0. The third-order valence-corrected chi connectivity index (χ3v) is 3.19. The van der Waals surface area contributed by atoms with Crippen LogP contribution in [0.15, 0.2) is 12.2 Å². The van der Waals surface area contributed by atoms with Crippen LogP contribution in [0.5, 0.6) is 0 Å². The minimum atomic E-state index is 0.267. The van der Waals surface area contributed by atoms with Crippen molar-refractivity contribution in [3.05, 3.63) is 12.2 Å². The molecule has 2 heteroatoms. The third-order valence-electron chi connectivity index (χ3n) is 3.19. The van der Waals surface area contributed by atoms with Crippen LogP contribution in [0, 0.1) is 5.92 Å². The van der Waals surface area contributed by atoms with Crippen LogP contribution in [0.3, 0.4) is 0 Å². The topological polar surface area (TPSA) is 32.3 Å². The summed E-state index contributed by atoms with van der Waals surface area (Å²) in [6.45, 7) is 4.62. The average molecular weight is 197 g/mol. The Hall–Kier alpha value is -0.340. The Kier molecular flexibility index (Phi) is 5.20. The first-order valence-corrected chi connectivity index (χ1v) is 5.79. The number of nitrogens with one attached hydrogen (secondary N) is 1. The number of aliphatic hydroxyl groups is 1. The van der Waals surface area contributed by atoms with Crippen LogP contribution in [0.25, 0.3) is 0 Å². The van der Waals surface area contributed by atoms with E-state index in [1.54, 1.807) is 0 Å². The first-order chi connectivity index (χ1) is 6.77. The normalized spacial score (nSPS) is 26.1. The van der Waals surface area contributed by atoms with Gasteiger partial charge in [-0.05, 0) is 38.5 Å². The maximum Gasteiger partial charge on any atom is 0.0587 e. The van der Waals surface area contributed by atoms with Crippen LogP contribution in [0.1, 0.15) is 39.5 Å². The fourth-order valence-electron chi connectivity index (χ4n) is 2.00. The van der Waals surface area contributed by atoms with Crippen molar-refractivity contribution >= 4 is 0 Å². The molecule has 0 saturated carbocycles. The number of aliphatic hydroxyl groups excluding tert-OH is 1. The van der Waals surface area contributed by atoms with E-state index in [4.69, 9.17) is 0 Å². The SMILES string of the molecule is CCC(C)NC(CO)C1CC=CCC1. The van der Waals surface area contributed by atoms with Crippen LogP contribution >= 0.6 is 0 Å². The zero-order valence-corrected chi connectivity index (χ0v) is 9.37. The Balaban J connectivity index is 2.40. The molecule has 0 aromatic rings. The van der Waals surface area contributed by atoms with Gasteiger partial charge in [-0.25, -0.2) is 0 Å². The maximum absolute atomic E-state index is 9.34. The minimum Gasteiger partial charge on any atom is -0.395 e. The minimum absolute atomic E-state index is 0.267. The monoisotopic (exact) mass is 197 g/mol. The Bertz CT molecular complexity index is 179. The number of allylic oxidation sites excluding steroid dienone is 2. The van der Waals surface area contributed by atoms with Crippen LogP contribution in [-0.4, -0.2) is 23.8 Å². The van der Waals surface area contributed by atoms with Gasteiger partial charge in [-0.3, -0.25) is 0 Å². The zero-order valence-electron chi connectivity index (χ0n) is 9.37. The summed E-state index contributed by atoms with van der Waals surface area (Å²) in [7, 11) is 0. The van der Waals surface area contributed by atoms with Gasteiger partial charge in [-0.1, -0.05) is 19.1 Å². The summed E-state index contributed by atoms with van der Waals surface area (Å²) < 4.78 is 0. The fraction of sp³-hybridized carbons (Fsp3) is 0.833. The molecule has 1 aliphatic carbocycles. The highest BCUT2D eigenvalue weighted by atomic mass is 16.3. The standard InChI is InChI=1S/C12H23NO/c1-3-10(2)13-12(9-14)11-7-5-4-6-8-11/h4-5,10-14H,3,6-9H2,1-2H3. The first-order valence-electron chi connectivity index (χ1n) is 5.79. The second-order valence-electron chi connectivity index (χ2n) is 4.31. The van der Waals surface area contributed by atoms with Crippen molar-refractivity contribution in [2.45, 2.75) is 51.6 Å². The van der Waals surface area contributed by atoms with E-state index >= 15 is 0 Å². The van der Waals surface area contributed by atoms with Crippen molar-refractivity contribution < 1.29 is 5.11 Å². The van der Waals surface area contributed by atoms with Gasteiger partial charge in [-0.2, -0.15) is 0 Å². The molecule has 0 aromatic carbocycles.